The molecule has 0 aliphatic carbocycles. The SMILES string of the molecule is COc1cc(-c2ccc3c(c2)Nc2ccc(NC(=O)CCN4CCCCC4)cc2NC3=O)ccc1Cl. The fraction of sp³-hybridized carbons (Fsp3) is 0.286. The molecule has 8 heteroatoms. The van der Waals surface area contributed by atoms with Gasteiger partial charge in [-0.15, -0.1) is 0 Å². The lowest BCUT2D eigenvalue weighted by Crippen LogP contribution is -2.32. The molecular weight excluding hydrogens is 476 g/mol. The van der Waals surface area contributed by atoms with Gasteiger partial charge in [-0.05, 0) is 79.5 Å². The van der Waals surface area contributed by atoms with Crippen LogP contribution in [0.25, 0.3) is 11.1 Å². The molecule has 3 aromatic carbocycles. The van der Waals surface area contributed by atoms with E-state index < -0.39 is 0 Å². The number of likely N-dealkylation sites (tertiary alicyclic amines) is 1. The summed E-state index contributed by atoms with van der Waals surface area (Å²) >= 11 is 6.17. The van der Waals surface area contributed by atoms with Gasteiger partial charge in [-0.2, -0.15) is 0 Å². The molecule has 186 valence electrons. The van der Waals surface area contributed by atoms with Crippen molar-refractivity contribution in [1.29, 1.82) is 0 Å². The predicted molar refractivity (Wildman–Crippen MR) is 145 cm³/mol. The van der Waals surface area contributed by atoms with Crippen molar-refractivity contribution in [3.8, 4) is 16.9 Å². The number of piperidine rings is 1. The zero-order valence-electron chi connectivity index (χ0n) is 20.2. The molecule has 5 rings (SSSR count). The van der Waals surface area contributed by atoms with Crippen molar-refractivity contribution >= 4 is 46.2 Å². The molecule has 0 bridgehead atoms. The molecule has 1 saturated heterocycles. The third kappa shape index (κ3) is 5.32. The fourth-order valence-corrected chi connectivity index (χ4v) is 4.89. The van der Waals surface area contributed by atoms with E-state index in [4.69, 9.17) is 16.3 Å². The van der Waals surface area contributed by atoms with Crippen LogP contribution >= 0.6 is 11.6 Å². The number of hydrogen-bond donors (Lipinski definition) is 3. The average molecular weight is 505 g/mol. The summed E-state index contributed by atoms with van der Waals surface area (Å²) in [6, 6.07) is 16.7. The number of anilines is 4. The summed E-state index contributed by atoms with van der Waals surface area (Å²) in [6.07, 6.45) is 4.14. The lowest BCUT2D eigenvalue weighted by Gasteiger charge is -2.25. The Hall–Kier alpha value is -3.55. The largest absolute Gasteiger partial charge is 0.495 e. The smallest absolute Gasteiger partial charge is 0.257 e. The highest BCUT2D eigenvalue weighted by Crippen LogP contribution is 2.37. The summed E-state index contributed by atoms with van der Waals surface area (Å²) in [4.78, 5) is 27.8. The first kappa shape index (κ1) is 24.2. The molecule has 0 unspecified atom stereocenters. The summed E-state index contributed by atoms with van der Waals surface area (Å²) < 4.78 is 5.34. The maximum atomic E-state index is 13.0. The number of fused-ring (bicyclic) bond motifs is 2. The van der Waals surface area contributed by atoms with Gasteiger partial charge < -0.3 is 25.6 Å². The first-order valence-electron chi connectivity index (χ1n) is 12.2. The third-order valence-corrected chi connectivity index (χ3v) is 6.99. The second-order valence-corrected chi connectivity index (χ2v) is 9.56. The topological polar surface area (TPSA) is 82.7 Å². The number of nitrogens with one attached hydrogen (secondary N) is 3. The number of rotatable bonds is 6. The van der Waals surface area contributed by atoms with Crippen LogP contribution in [0.4, 0.5) is 22.7 Å². The second kappa shape index (κ2) is 10.6. The fourth-order valence-electron chi connectivity index (χ4n) is 4.70. The number of ether oxygens (including phenoxy) is 1. The molecule has 3 N–H and O–H groups in total. The number of carbonyl (C=O) groups excluding carboxylic acids is 2. The maximum absolute atomic E-state index is 13.0. The van der Waals surface area contributed by atoms with Crippen molar-refractivity contribution in [2.45, 2.75) is 25.7 Å². The zero-order valence-corrected chi connectivity index (χ0v) is 21.0. The molecule has 36 heavy (non-hydrogen) atoms. The van der Waals surface area contributed by atoms with Crippen molar-refractivity contribution in [2.75, 3.05) is 42.7 Å². The number of methoxy groups -OCH3 is 1. The number of hydrogen-bond acceptors (Lipinski definition) is 5. The van der Waals surface area contributed by atoms with Crippen LogP contribution in [0, 0.1) is 0 Å². The quantitative estimate of drug-likeness (QED) is 0.375. The Morgan fingerprint density at radius 1 is 0.944 bits per heavy atom. The number of benzene rings is 3. The Balaban J connectivity index is 1.32. The van der Waals surface area contributed by atoms with Gasteiger partial charge in [-0.3, -0.25) is 9.59 Å². The van der Waals surface area contributed by atoms with E-state index in [1.165, 1.54) is 19.3 Å². The van der Waals surface area contributed by atoms with Gasteiger partial charge in [-0.25, -0.2) is 0 Å². The van der Waals surface area contributed by atoms with Crippen molar-refractivity contribution in [1.82, 2.24) is 4.90 Å². The Labute approximate surface area is 215 Å². The highest BCUT2D eigenvalue weighted by Gasteiger charge is 2.21. The van der Waals surface area contributed by atoms with Crippen LogP contribution < -0.4 is 20.7 Å². The number of amides is 2. The van der Waals surface area contributed by atoms with Crippen molar-refractivity contribution in [3.05, 3.63) is 65.2 Å². The van der Waals surface area contributed by atoms with Crippen LogP contribution in [0.15, 0.2) is 54.6 Å². The van der Waals surface area contributed by atoms with Gasteiger partial charge in [0.15, 0.2) is 0 Å². The van der Waals surface area contributed by atoms with E-state index >= 15 is 0 Å². The van der Waals surface area contributed by atoms with Gasteiger partial charge in [0.05, 0.1) is 34.8 Å². The van der Waals surface area contributed by atoms with E-state index in [9.17, 15) is 9.59 Å². The van der Waals surface area contributed by atoms with Crippen LogP contribution in [0.2, 0.25) is 5.02 Å². The minimum absolute atomic E-state index is 0.0280. The minimum atomic E-state index is -0.218. The summed E-state index contributed by atoms with van der Waals surface area (Å²) in [7, 11) is 1.58. The maximum Gasteiger partial charge on any atom is 0.257 e. The number of halogens is 1. The lowest BCUT2D eigenvalue weighted by atomic mass is 10.0. The predicted octanol–water partition coefficient (Wildman–Crippen LogP) is 6.14. The summed E-state index contributed by atoms with van der Waals surface area (Å²) in [5.74, 6) is 0.343. The highest BCUT2D eigenvalue weighted by atomic mass is 35.5. The average Bonchev–Trinajstić information content (AvgIpc) is 3.03. The van der Waals surface area contributed by atoms with E-state index in [-0.39, 0.29) is 11.8 Å². The highest BCUT2D eigenvalue weighted by molar-refractivity contribution is 6.32. The molecule has 0 saturated carbocycles. The van der Waals surface area contributed by atoms with Gasteiger partial charge in [0, 0.05) is 18.7 Å². The van der Waals surface area contributed by atoms with Crippen LogP contribution in [0.5, 0.6) is 5.75 Å². The van der Waals surface area contributed by atoms with Crippen molar-refractivity contribution in [3.63, 3.8) is 0 Å². The minimum Gasteiger partial charge on any atom is -0.495 e. The van der Waals surface area contributed by atoms with E-state index in [2.05, 4.69) is 20.9 Å². The Morgan fingerprint density at radius 3 is 2.53 bits per heavy atom. The Kier molecular flexibility index (Phi) is 7.11. The van der Waals surface area contributed by atoms with Gasteiger partial charge in [0.1, 0.15) is 5.75 Å². The summed E-state index contributed by atoms with van der Waals surface area (Å²) in [6.45, 7) is 2.90. The lowest BCUT2D eigenvalue weighted by molar-refractivity contribution is -0.116. The summed E-state index contributed by atoms with van der Waals surface area (Å²) in [5, 5.41) is 9.84. The van der Waals surface area contributed by atoms with Gasteiger partial charge in [0.2, 0.25) is 5.91 Å². The van der Waals surface area contributed by atoms with Crippen LogP contribution in [-0.2, 0) is 4.79 Å². The standard InChI is InChI=1S/C28H29ClN4O3/c1-36-26-16-19(6-9-22(26)29)18-5-8-21-24(15-18)31-23-10-7-20(17-25(23)32-28(21)35)30-27(34)11-14-33-12-3-2-4-13-33/h5-10,15-17,31H,2-4,11-14H2,1H3,(H,30,34)(H,32,35). The van der Waals surface area contributed by atoms with Crippen LogP contribution in [0.3, 0.4) is 0 Å². The molecule has 2 heterocycles. The normalized spacial score (nSPS) is 15.1. The first-order valence-corrected chi connectivity index (χ1v) is 12.6. The van der Waals surface area contributed by atoms with E-state index in [1.807, 2.05) is 36.4 Å². The molecule has 3 aromatic rings. The molecule has 0 atom stereocenters. The zero-order chi connectivity index (χ0) is 25.1. The van der Waals surface area contributed by atoms with E-state index in [1.54, 1.807) is 25.3 Å². The summed E-state index contributed by atoms with van der Waals surface area (Å²) in [5.41, 5.74) is 5.08. The molecular formula is C28H29ClN4O3. The van der Waals surface area contributed by atoms with Gasteiger partial charge in [0.25, 0.3) is 5.91 Å². The number of nitrogens with zero attached hydrogens (tertiary/aromatic N) is 1. The number of carbonyl (C=O) groups is 2. The molecule has 0 spiro atoms. The van der Waals surface area contributed by atoms with E-state index in [0.717, 1.165) is 36.4 Å². The third-order valence-electron chi connectivity index (χ3n) is 6.67. The Bertz CT molecular complexity index is 1300. The Morgan fingerprint density at radius 2 is 1.72 bits per heavy atom. The van der Waals surface area contributed by atoms with Crippen molar-refractivity contribution in [2.24, 2.45) is 0 Å². The van der Waals surface area contributed by atoms with Crippen molar-refractivity contribution < 1.29 is 14.3 Å². The molecule has 2 aliphatic rings. The molecule has 0 radical (unpaired) electrons. The molecule has 7 nitrogen and oxygen atoms in total. The van der Waals surface area contributed by atoms with Crippen LogP contribution in [0.1, 0.15) is 36.0 Å². The molecule has 1 fully saturated rings. The van der Waals surface area contributed by atoms with Gasteiger partial charge in [-0.1, -0.05) is 30.2 Å². The molecule has 2 aliphatic heterocycles. The molecule has 0 aromatic heterocycles. The molecule has 2 amide bonds. The van der Waals surface area contributed by atoms with Gasteiger partial charge >= 0.3 is 0 Å². The van der Waals surface area contributed by atoms with E-state index in [0.29, 0.717) is 39.8 Å². The first-order chi connectivity index (χ1) is 17.5. The monoisotopic (exact) mass is 504 g/mol. The van der Waals surface area contributed by atoms with Crippen LogP contribution in [-0.4, -0.2) is 43.5 Å². The second-order valence-electron chi connectivity index (χ2n) is 9.15.